The Morgan fingerprint density at radius 1 is 1.39 bits per heavy atom. The first kappa shape index (κ1) is 14.3. The summed E-state index contributed by atoms with van der Waals surface area (Å²) in [6.07, 6.45) is 0.633. The molecule has 0 radical (unpaired) electrons. The van der Waals surface area contributed by atoms with Crippen LogP contribution in [0.3, 0.4) is 0 Å². The summed E-state index contributed by atoms with van der Waals surface area (Å²) in [6, 6.07) is 4.51. The van der Waals surface area contributed by atoms with Gasteiger partial charge in [-0.15, -0.1) is 0 Å². The quantitative estimate of drug-likeness (QED) is 0.504. The van der Waals surface area contributed by atoms with Gasteiger partial charge in [-0.05, 0) is 24.6 Å². The van der Waals surface area contributed by atoms with Gasteiger partial charge in [0.05, 0.1) is 30.0 Å². The number of halogens is 1. The molecule has 0 aromatic heterocycles. The number of ether oxygens (including phenoxy) is 2. The number of hydrogen-bond donors (Lipinski definition) is 1. The zero-order valence-electron chi connectivity index (χ0n) is 9.94. The van der Waals surface area contributed by atoms with Crippen molar-refractivity contribution in [3.63, 3.8) is 0 Å². The van der Waals surface area contributed by atoms with Crippen molar-refractivity contribution < 1.29 is 19.1 Å². The van der Waals surface area contributed by atoms with Gasteiger partial charge in [0, 0.05) is 6.42 Å². The van der Waals surface area contributed by atoms with Gasteiger partial charge >= 0.3 is 11.9 Å². The fourth-order valence-corrected chi connectivity index (χ4v) is 1.36. The molecule has 0 aliphatic carbocycles. The minimum atomic E-state index is -0.497. The second-order valence-corrected chi connectivity index (χ2v) is 3.96. The van der Waals surface area contributed by atoms with Crippen LogP contribution in [-0.4, -0.2) is 25.7 Å². The second kappa shape index (κ2) is 6.86. The number of esters is 2. The van der Waals surface area contributed by atoms with E-state index in [1.165, 1.54) is 25.3 Å². The summed E-state index contributed by atoms with van der Waals surface area (Å²) in [5.74, 6) is -0.829. The van der Waals surface area contributed by atoms with Gasteiger partial charge in [0.2, 0.25) is 0 Å². The molecule has 0 saturated heterocycles. The maximum absolute atomic E-state index is 11.6. The summed E-state index contributed by atoms with van der Waals surface area (Å²) < 4.78 is 9.43. The maximum Gasteiger partial charge on any atom is 0.338 e. The third-order valence-corrected chi connectivity index (χ3v) is 2.56. The zero-order valence-corrected chi connectivity index (χ0v) is 10.7. The van der Waals surface area contributed by atoms with E-state index in [0.29, 0.717) is 22.7 Å². The molecular weight excluding hydrogens is 258 g/mol. The molecule has 1 rings (SSSR count). The molecule has 0 spiro atoms. The highest BCUT2D eigenvalue weighted by Crippen LogP contribution is 2.19. The van der Waals surface area contributed by atoms with Crippen LogP contribution in [0.4, 0.5) is 5.69 Å². The van der Waals surface area contributed by atoms with Crippen molar-refractivity contribution in [3.05, 3.63) is 28.8 Å². The lowest BCUT2D eigenvalue weighted by Gasteiger charge is -2.05. The van der Waals surface area contributed by atoms with E-state index in [2.05, 4.69) is 4.74 Å². The van der Waals surface area contributed by atoms with Gasteiger partial charge in [-0.1, -0.05) is 11.6 Å². The summed E-state index contributed by atoms with van der Waals surface area (Å²) in [6.45, 7) is 0.149. The Bertz CT molecular complexity index is 448. The van der Waals surface area contributed by atoms with Gasteiger partial charge in [-0.25, -0.2) is 4.79 Å². The number of hydrogen-bond acceptors (Lipinski definition) is 5. The molecule has 1 aromatic carbocycles. The summed E-state index contributed by atoms with van der Waals surface area (Å²) >= 11 is 5.73. The maximum atomic E-state index is 11.6. The number of carbonyl (C=O) groups excluding carboxylic acids is 2. The van der Waals surface area contributed by atoms with E-state index in [0.717, 1.165) is 0 Å². The Morgan fingerprint density at radius 3 is 2.72 bits per heavy atom. The van der Waals surface area contributed by atoms with Gasteiger partial charge in [0.15, 0.2) is 0 Å². The van der Waals surface area contributed by atoms with Gasteiger partial charge in [-0.3, -0.25) is 4.79 Å². The molecule has 98 valence electrons. The first-order valence-electron chi connectivity index (χ1n) is 5.33. The lowest BCUT2D eigenvalue weighted by Crippen LogP contribution is -2.09. The zero-order chi connectivity index (χ0) is 13.5. The molecule has 2 N–H and O–H groups in total. The van der Waals surface area contributed by atoms with Gasteiger partial charge < -0.3 is 15.2 Å². The second-order valence-electron chi connectivity index (χ2n) is 3.55. The predicted molar refractivity (Wildman–Crippen MR) is 67.4 cm³/mol. The summed E-state index contributed by atoms with van der Waals surface area (Å²) in [7, 11) is 1.31. The van der Waals surface area contributed by atoms with Gasteiger partial charge in [0.1, 0.15) is 0 Å². The first-order valence-corrected chi connectivity index (χ1v) is 5.71. The van der Waals surface area contributed by atoms with E-state index in [-0.39, 0.29) is 19.0 Å². The molecule has 0 heterocycles. The first-order chi connectivity index (χ1) is 8.54. The normalized spacial score (nSPS) is 9.89. The Labute approximate surface area is 110 Å². The van der Waals surface area contributed by atoms with Crippen LogP contribution in [0.1, 0.15) is 23.2 Å². The van der Waals surface area contributed by atoms with Crippen LogP contribution in [-0.2, 0) is 14.3 Å². The summed E-state index contributed by atoms with van der Waals surface area (Å²) in [5, 5.41) is 0.386. The Balaban J connectivity index is 2.41. The van der Waals surface area contributed by atoms with Crippen molar-refractivity contribution >= 4 is 29.2 Å². The standard InChI is InChI=1S/C12H14ClNO4/c1-17-11(15)3-2-6-18-12(16)8-4-5-9(13)10(14)7-8/h4-5,7H,2-3,6,14H2,1H3. The number of carbonyl (C=O) groups is 2. The van der Waals surface area contributed by atoms with Gasteiger partial charge in [0.25, 0.3) is 0 Å². The minimum absolute atomic E-state index is 0.149. The summed E-state index contributed by atoms with van der Waals surface area (Å²) in [4.78, 5) is 22.4. The molecule has 6 heteroatoms. The Morgan fingerprint density at radius 2 is 2.11 bits per heavy atom. The number of rotatable bonds is 5. The van der Waals surface area contributed by atoms with Crippen molar-refractivity contribution in [3.8, 4) is 0 Å². The van der Waals surface area contributed by atoms with Crippen LogP contribution >= 0.6 is 11.6 Å². The molecule has 0 atom stereocenters. The fraction of sp³-hybridized carbons (Fsp3) is 0.333. The molecule has 5 nitrogen and oxygen atoms in total. The average Bonchev–Trinajstić information content (AvgIpc) is 2.37. The van der Waals surface area contributed by atoms with Crippen LogP contribution in [0.5, 0.6) is 0 Å². The summed E-state index contributed by atoms with van der Waals surface area (Å²) in [5.41, 5.74) is 6.22. The van der Waals surface area contributed by atoms with E-state index in [1.54, 1.807) is 0 Å². The van der Waals surface area contributed by atoms with Crippen molar-refractivity contribution in [1.29, 1.82) is 0 Å². The van der Waals surface area contributed by atoms with Crippen molar-refractivity contribution in [1.82, 2.24) is 0 Å². The number of nitrogens with two attached hydrogens (primary N) is 1. The van der Waals surface area contributed by atoms with Crippen LogP contribution in [0.25, 0.3) is 0 Å². The van der Waals surface area contributed by atoms with Crippen LogP contribution < -0.4 is 5.73 Å². The number of nitrogen functional groups attached to an aromatic ring is 1. The van der Waals surface area contributed by atoms with Crippen LogP contribution in [0.2, 0.25) is 5.02 Å². The van der Waals surface area contributed by atoms with E-state index < -0.39 is 5.97 Å². The molecule has 1 aromatic rings. The van der Waals surface area contributed by atoms with E-state index in [9.17, 15) is 9.59 Å². The topological polar surface area (TPSA) is 78.6 Å². The van der Waals surface area contributed by atoms with Crippen LogP contribution in [0.15, 0.2) is 18.2 Å². The smallest absolute Gasteiger partial charge is 0.338 e. The van der Waals surface area contributed by atoms with Crippen molar-refractivity contribution in [2.45, 2.75) is 12.8 Å². The monoisotopic (exact) mass is 271 g/mol. The fourth-order valence-electron chi connectivity index (χ4n) is 1.24. The molecule has 0 fully saturated rings. The molecular formula is C12H14ClNO4. The lowest BCUT2D eigenvalue weighted by atomic mass is 10.2. The highest BCUT2D eigenvalue weighted by Gasteiger charge is 2.09. The third-order valence-electron chi connectivity index (χ3n) is 2.22. The number of methoxy groups -OCH3 is 1. The lowest BCUT2D eigenvalue weighted by molar-refractivity contribution is -0.140. The SMILES string of the molecule is COC(=O)CCCOC(=O)c1ccc(Cl)c(N)c1. The molecule has 0 unspecified atom stereocenters. The Hall–Kier alpha value is -1.75. The molecule has 0 saturated carbocycles. The molecule has 18 heavy (non-hydrogen) atoms. The minimum Gasteiger partial charge on any atom is -0.469 e. The highest BCUT2D eigenvalue weighted by atomic mass is 35.5. The molecule has 0 amide bonds. The average molecular weight is 272 g/mol. The predicted octanol–water partition coefficient (Wildman–Crippen LogP) is 2.03. The molecule has 0 bridgehead atoms. The van der Waals surface area contributed by atoms with Crippen molar-refractivity contribution in [2.75, 3.05) is 19.5 Å². The Kier molecular flexibility index (Phi) is 5.45. The van der Waals surface area contributed by atoms with E-state index in [4.69, 9.17) is 22.1 Å². The number of benzene rings is 1. The van der Waals surface area contributed by atoms with Gasteiger partial charge in [-0.2, -0.15) is 0 Å². The number of anilines is 1. The third kappa shape index (κ3) is 4.25. The molecule has 0 aliphatic heterocycles. The van der Waals surface area contributed by atoms with E-state index >= 15 is 0 Å². The van der Waals surface area contributed by atoms with Crippen LogP contribution in [0, 0.1) is 0 Å². The largest absolute Gasteiger partial charge is 0.469 e. The van der Waals surface area contributed by atoms with E-state index in [1.807, 2.05) is 0 Å². The highest BCUT2D eigenvalue weighted by molar-refractivity contribution is 6.33. The molecule has 0 aliphatic rings. The van der Waals surface area contributed by atoms with Crippen molar-refractivity contribution in [2.24, 2.45) is 0 Å².